The van der Waals surface area contributed by atoms with Crippen LogP contribution in [0.5, 0.6) is 0 Å². The Bertz CT molecular complexity index is 1320. The third-order valence-electron chi connectivity index (χ3n) is 8.64. The van der Waals surface area contributed by atoms with Crippen molar-refractivity contribution in [2.75, 3.05) is 13.2 Å². The summed E-state index contributed by atoms with van der Waals surface area (Å²) in [6, 6.07) is 13.9. The van der Waals surface area contributed by atoms with E-state index in [9.17, 15) is 19.2 Å². The molecule has 0 spiro atoms. The lowest BCUT2D eigenvalue weighted by atomic mass is 9.83. The number of alkyl carbamates (subject to hydrolysis) is 2. The topological polar surface area (TPSA) is 140 Å². The van der Waals surface area contributed by atoms with Crippen LogP contribution in [-0.2, 0) is 19.1 Å². The molecule has 1 saturated carbocycles. The molecule has 2 aromatic carbocycles. The first kappa shape index (κ1) is 30.4. The molecule has 43 heavy (non-hydrogen) atoms. The number of carbonyl (C=O) groups is 4. The second-order valence-corrected chi connectivity index (χ2v) is 12.8. The summed E-state index contributed by atoms with van der Waals surface area (Å²) in [4.78, 5) is 53.5. The minimum Gasteiger partial charge on any atom is -0.449 e. The third-order valence-corrected chi connectivity index (χ3v) is 8.64. The van der Waals surface area contributed by atoms with E-state index in [2.05, 4.69) is 22.8 Å². The molecule has 1 saturated heterocycles. The van der Waals surface area contributed by atoms with Crippen LogP contribution in [0, 0.1) is 5.92 Å². The van der Waals surface area contributed by atoms with Gasteiger partial charge in [0.05, 0.1) is 6.04 Å². The number of hydrogen-bond donors (Lipinski definition) is 3. The van der Waals surface area contributed by atoms with Gasteiger partial charge in [0.15, 0.2) is 0 Å². The Labute approximate surface area is 252 Å². The molecule has 1 heterocycles. The van der Waals surface area contributed by atoms with Crippen molar-refractivity contribution in [2.24, 2.45) is 11.7 Å². The van der Waals surface area contributed by atoms with Gasteiger partial charge in [0.1, 0.15) is 24.3 Å². The van der Waals surface area contributed by atoms with Gasteiger partial charge in [-0.2, -0.15) is 0 Å². The van der Waals surface area contributed by atoms with Crippen LogP contribution in [0.1, 0.15) is 76.3 Å². The molecule has 10 heteroatoms. The molecule has 2 aromatic rings. The Morgan fingerprint density at radius 1 is 0.930 bits per heavy atom. The van der Waals surface area contributed by atoms with E-state index < -0.39 is 47.7 Å². The molecule has 0 bridgehead atoms. The van der Waals surface area contributed by atoms with Gasteiger partial charge in [0.2, 0.25) is 11.8 Å². The second kappa shape index (κ2) is 12.7. The van der Waals surface area contributed by atoms with Gasteiger partial charge in [-0.15, -0.1) is 0 Å². The van der Waals surface area contributed by atoms with Gasteiger partial charge in [0.25, 0.3) is 0 Å². The highest BCUT2D eigenvalue weighted by Gasteiger charge is 2.44. The standard InChI is InChI=1S/C33H42N4O6/c1-33(2,3)43-32(41)36-28(20-11-5-4-6-12-20)30(39)37-18-21(17-27(37)29(34)38)35-31(40)42-19-26-24-15-9-7-13-22(24)23-14-8-10-16-25(23)26/h7-10,13-16,20-21,26-28H,4-6,11-12,17-19H2,1-3H3,(H2,34,38)(H,35,40)(H,36,41). The Hall–Kier alpha value is -4.08. The zero-order valence-corrected chi connectivity index (χ0v) is 25.1. The second-order valence-electron chi connectivity index (χ2n) is 12.8. The van der Waals surface area contributed by atoms with Gasteiger partial charge in [0, 0.05) is 12.5 Å². The van der Waals surface area contributed by atoms with Crippen LogP contribution in [-0.4, -0.2) is 65.8 Å². The summed E-state index contributed by atoms with van der Waals surface area (Å²) >= 11 is 0. The maximum absolute atomic E-state index is 13.9. The maximum atomic E-state index is 13.9. The quantitative estimate of drug-likeness (QED) is 0.435. The first-order valence-corrected chi connectivity index (χ1v) is 15.2. The van der Waals surface area contributed by atoms with Crippen molar-refractivity contribution in [3.05, 3.63) is 59.7 Å². The van der Waals surface area contributed by atoms with Gasteiger partial charge in [-0.3, -0.25) is 9.59 Å². The normalized spacial score (nSPS) is 21.0. The van der Waals surface area contributed by atoms with Crippen LogP contribution in [0.2, 0.25) is 0 Å². The Morgan fingerprint density at radius 3 is 2.12 bits per heavy atom. The highest BCUT2D eigenvalue weighted by molar-refractivity contribution is 5.92. The van der Waals surface area contributed by atoms with Gasteiger partial charge in [-0.05, 0) is 68.2 Å². The number of primary amides is 1. The van der Waals surface area contributed by atoms with E-state index in [0.717, 1.165) is 54.4 Å². The van der Waals surface area contributed by atoms with Crippen LogP contribution in [0.3, 0.4) is 0 Å². The summed E-state index contributed by atoms with van der Waals surface area (Å²) in [6.45, 7) is 5.50. The number of nitrogens with zero attached hydrogens (tertiary/aromatic N) is 1. The van der Waals surface area contributed by atoms with Gasteiger partial charge < -0.3 is 30.7 Å². The molecule has 4 N–H and O–H groups in total. The summed E-state index contributed by atoms with van der Waals surface area (Å²) in [5.41, 5.74) is 9.47. The molecule has 5 rings (SSSR count). The number of ether oxygens (including phenoxy) is 2. The molecule has 0 radical (unpaired) electrons. The van der Waals surface area contributed by atoms with E-state index in [0.29, 0.717) is 0 Å². The lowest BCUT2D eigenvalue weighted by Gasteiger charge is -2.34. The number of nitrogens with two attached hydrogens (primary N) is 1. The first-order chi connectivity index (χ1) is 20.5. The van der Waals surface area contributed by atoms with E-state index in [-0.39, 0.29) is 31.4 Å². The third kappa shape index (κ3) is 6.95. The number of benzene rings is 2. The molecule has 3 unspecified atom stereocenters. The summed E-state index contributed by atoms with van der Waals surface area (Å²) in [6.07, 6.45) is 3.40. The zero-order valence-electron chi connectivity index (χ0n) is 25.1. The van der Waals surface area contributed by atoms with E-state index in [1.54, 1.807) is 20.8 Å². The predicted octanol–water partition coefficient (Wildman–Crippen LogP) is 4.45. The summed E-state index contributed by atoms with van der Waals surface area (Å²) < 4.78 is 11.1. The maximum Gasteiger partial charge on any atom is 0.408 e. The molecule has 3 aliphatic rings. The monoisotopic (exact) mass is 590 g/mol. The minimum absolute atomic E-state index is 0.0792. The average molecular weight is 591 g/mol. The molecular weight excluding hydrogens is 548 g/mol. The minimum atomic E-state index is -0.919. The zero-order chi connectivity index (χ0) is 30.7. The fourth-order valence-electron chi connectivity index (χ4n) is 6.72. The van der Waals surface area contributed by atoms with E-state index >= 15 is 0 Å². The van der Waals surface area contributed by atoms with Crippen molar-refractivity contribution in [1.82, 2.24) is 15.5 Å². The number of fused-ring (bicyclic) bond motifs is 3. The Kier molecular flexibility index (Phi) is 8.94. The largest absolute Gasteiger partial charge is 0.449 e. The highest BCUT2D eigenvalue weighted by Crippen LogP contribution is 2.44. The van der Waals surface area contributed by atoms with Crippen molar-refractivity contribution in [1.29, 1.82) is 0 Å². The van der Waals surface area contributed by atoms with Crippen LogP contribution in [0.25, 0.3) is 11.1 Å². The summed E-state index contributed by atoms with van der Waals surface area (Å²) in [5.74, 6) is -1.23. The van der Waals surface area contributed by atoms with Crippen LogP contribution in [0.4, 0.5) is 9.59 Å². The number of hydrogen-bond acceptors (Lipinski definition) is 6. The number of carbonyl (C=O) groups excluding carboxylic acids is 4. The molecule has 0 aromatic heterocycles. The van der Waals surface area contributed by atoms with Crippen molar-refractivity contribution in [2.45, 2.75) is 88.9 Å². The van der Waals surface area contributed by atoms with Gasteiger partial charge in [-0.25, -0.2) is 9.59 Å². The van der Waals surface area contributed by atoms with Crippen LogP contribution in [0.15, 0.2) is 48.5 Å². The summed E-state index contributed by atoms with van der Waals surface area (Å²) in [5, 5.41) is 5.62. The van der Waals surface area contributed by atoms with E-state index in [1.165, 1.54) is 4.90 Å². The fraction of sp³-hybridized carbons (Fsp3) is 0.515. The molecule has 2 fully saturated rings. The van der Waals surface area contributed by atoms with Crippen molar-refractivity contribution >= 4 is 24.0 Å². The number of likely N-dealkylation sites (tertiary alicyclic amines) is 1. The van der Waals surface area contributed by atoms with E-state index in [4.69, 9.17) is 15.2 Å². The van der Waals surface area contributed by atoms with Crippen molar-refractivity contribution in [3.63, 3.8) is 0 Å². The molecule has 3 atom stereocenters. The number of amides is 4. The van der Waals surface area contributed by atoms with Crippen molar-refractivity contribution in [3.8, 4) is 11.1 Å². The molecule has 230 valence electrons. The fourth-order valence-corrected chi connectivity index (χ4v) is 6.72. The molecule has 2 aliphatic carbocycles. The first-order valence-electron chi connectivity index (χ1n) is 15.2. The smallest absolute Gasteiger partial charge is 0.408 e. The predicted molar refractivity (Wildman–Crippen MR) is 161 cm³/mol. The average Bonchev–Trinajstić information content (AvgIpc) is 3.53. The highest BCUT2D eigenvalue weighted by atomic mass is 16.6. The SMILES string of the molecule is CC(C)(C)OC(=O)NC(C(=O)N1CC(NC(=O)OCC2c3ccccc3-c3ccccc32)CC1C(N)=O)C1CCCCC1. The van der Waals surface area contributed by atoms with Gasteiger partial charge in [-0.1, -0.05) is 67.8 Å². The van der Waals surface area contributed by atoms with Gasteiger partial charge >= 0.3 is 12.2 Å². The molecule has 1 aliphatic heterocycles. The summed E-state index contributed by atoms with van der Waals surface area (Å²) in [7, 11) is 0. The van der Waals surface area contributed by atoms with E-state index in [1.807, 2.05) is 36.4 Å². The Balaban J connectivity index is 1.24. The van der Waals surface area contributed by atoms with Crippen molar-refractivity contribution < 1.29 is 28.7 Å². The lowest BCUT2D eigenvalue weighted by Crippen LogP contribution is -2.56. The van der Waals surface area contributed by atoms with Crippen LogP contribution >= 0.6 is 0 Å². The molecular formula is C33H42N4O6. The van der Waals surface area contributed by atoms with Crippen LogP contribution < -0.4 is 16.4 Å². The number of nitrogens with one attached hydrogen (secondary N) is 2. The molecule has 10 nitrogen and oxygen atoms in total. The molecule has 4 amide bonds. The number of rotatable bonds is 7. The Morgan fingerprint density at radius 2 is 1.53 bits per heavy atom. The lowest BCUT2D eigenvalue weighted by molar-refractivity contribution is -0.140.